The van der Waals surface area contributed by atoms with Gasteiger partial charge in [-0.1, -0.05) is 26.7 Å². The largest absolute Gasteiger partial charge is 0.355 e. The summed E-state index contributed by atoms with van der Waals surface area (Å²) in [5.74, 6) is 0.630. The summed E-state index contributed by atoms with van der Waals surface area (Å²) in [6, 6.07) is 0.387. The highest BCUT2D eigenvalue weighted by molar-refractivity contribution is 5.98. The summed E-state index contributed by atoms with van der Waals surface area (Å²) in [6.07, 6.45) is 6.44. The van der Waals surface area contributed by atoms with Gasteiger partial charge in [-0.15, -0.1) is 0 Å². The molecule has 0 amide bonds. The Balaban J connectivity index is 2.25. The zero-order valence-electron chi connectivity index (χ0n) is 11.9. The van der Waals surface area contributed by atoms with Crippen LogP contribution in [-0.2, 0) is 0 Å². The average Bonchev–Trinajstić information content (AvgIpc) is 2.76. The van der Waals surface area contributed by atoms with Crippen LogP contribution in [0.2, 0.25) is 0 Å². The minimum Gasteiger partial charge on any atom is -0.355 e. The SMILES string of the molecule is CN1CC(C)(C)CN(C2CCCC2)C(=N)C1C=N. The van der Waals surface area contributed by atoms with Crippen LogP contribution in [0.3, 0.4) is 0 Å². The standard InChI is InChI=1S/C14H26N4/c1-14(2)9-17(3)12(8-15)13(16)18(10-14)11-6-4-5-7-11/h8,11-12,15-16H,4-7,9-10H2,1-3H3. The summed E-state index contributed by atoms with van der Waals surface area (Å²) < 4.78 is 0. The third-order valence-corrected chi connectivity index (χ3v) is 4.26. The lowest BCUT2D eigenvalue weighted by Crippen LogP contribution is -2.48. The second-order valence-corrected chi connectivity index (χ2v) is 6.64. The number of nitrogens with one attached hydrogen (secondary N) is 2. The number of hydrogen-bond donors (Lipinski definition) is 2. The van der Waals surface area contributed by atoms with Crippen molar-refractivity contribution < 1.29 is 0 Å². The maximum Gasteiger partial charge on any atom is 0.119 e. The zero-order chi connectivity index (χ0) is 13.3. The van der Waals surface area contributed by atoms with E-state index < -0.39 is 0 Å². The van der Waals surface area contributed by atoms with Gasteiger partial charge in [0, 0.05) is 25.3 Å². The van der Waals surface area contributed by atoms with Crippen molar-refractivity contribution >= 4 is 12.1 Å². The van der Waals surface area contributed by atoms with Gasteiger partial charge < -0.3 is 10.3 Å². The van der Waals surface area contributed by atoms with E-state index in [1.165, 1.54) is 31.9 Å². The lowest BCUT2D eigenvalue weighted by molar-refractivity contribution is 0.184. The van der Waals surface area contributed by atoms with Gasteiger partial charge in [0.25, 0.3) is 0 Å². The molecule has 1 atom stereocenters. The highest BCUT2D eigenvalue weighted by Crippen LogP contribution is 2.31. The normalized spacial score (nSPS) is 30.5. The highest BCUT2D eigenvalue weighted by atomic mass is 15.3. The molecule has 0 bridgehead atoms. The Kier molecular flexibility index (Phi) is 3.76. The second kappa shape index (κ2) is 5.00. The first-order valence-corrected chi connectivity index (χ1v) is 7.00. The zero-order valence-corrected chi connectivity index (χ0v) is 11.9. The van der Waals surface area contributed by atoms with Crippen LogP contribution in [0.1, 0.15) is 39.5 Å². The first-order chi connectivity index (χ1) is 8.44. The first kappa shape index (κ1) is 13.5. The predicted molar refractivity (Wildman–Crippen MR) is 75.7 cm³/mol. The van der Waals surface area contributed by atoms with E-state index in [0.717, 1.165) is 13.1 Å². The second-order valence-electron chi connectivity index (χ2n) is 6.64. The van der Waals surface area contributed by atoms with Gasteiger partial charge in [-0.3, -0.25) is 10.3 Å². The molecule has 1 heterocycles. The molecule has 2 aliphatic rings. The highest BCUT2D eigenvalue weighted by Gasteiger charge is 2.38. The van der Waals surface area contributed by atoms with Gasteiger partial charge in [0.1, 0.15) is 11.9 Å². The molecule has 1 aliphatic carbocycles. The smallest absolute Gasteiger partial charge is 0.119 e. The van der Waals surface area contributed by atoms with Gasteiger partial charge in [-0.25, -0.2) is 0 Å². The molecule has 2 N–H and O–H groups in total. The van der Waals surface area contributed by atoms with Crippen molar-refractivity contribution in [2.75, 3.05) is 20.1 Å². The van der Waals surface area contributed by atoms with Crippen LogP contribution >= 0.6 is 0 Å². The lowest BCUT2D eigenvalue weighted by atomic mass is 9.92. The van der Waals surface area contributed by atoms with Gasteiger partial charge in [0.15, 0.2) is 0 Å². The van der Waals surface area contributed by atoms with Crippen molar-refractivity contribution in [3.05, 3.63) is 0 Å². The van der Waals surface area contributed by atoms with Crippen LogP contribution in [0.25, 0.3) is 0 Å². The van der Waals surface area contributed by atoms with Crippen molar-refractivity contribution in [2.45, 2.75) is 51.6 Å². The molecule has 2 rings (SSSR count). The van der Waals surface area contributed by atoms with Crippen molar-refractivity contribution in [1.29, 1.82) is 10.8 Å². The molecule has 4 nitrogen and oxygen atoms in total. The Morgan fingerprint density at radius 1 is 1.22 bits per heavy atom. The minimum absolute atomic E-state index is 0.146. The first-order valence-electron chi connectivity index (χ1n) is 7.00. The summed E-state index contributed by atoms with van der Waals surface area (Å²) in [7, 11) is 2.03. The molecule has 0 aromatic carbocycles. The van der Waals surface area contributed by atoms with Crippen molar-refractivity contribution in [2.24, 2.45) is 5.41 Å². The van der Waals surface area contributed by atoms with E-state index in [1.54, 1.807) is 0 Å². The molecule has 18 heavy (non-hydrogen) atoms. The lowest BCUT2D eigenvalue weighted by Gasteiger charge is -2.35. The quantitative estimate of drug-likeness (QED) is 0.738. The van der Waals surface area contributed by atoms with Crippen LogP contribution in [-0.4, -0.2) is 54.1 Å². The number of likely N-dealkylation sites (N-methyl/N-ethyl adjacent to an activating group) is 1. The van der Waals surface area contributed by atoms with Gasteiger partial charge >= 0.3 is 0 Å². The van der Waals surface area contributed by atoms with Crippen molar-refractivity contribution in [3.8, 4) is 0 Å². The van der Waals surface area contributed by atoms with E-state index in [2.05, 4.69) is 23.6 Å². The van der Waals surface area contributed by atoms with E-state index in [0.29, 0.717) is 11.9 Å². The monoisotopic (exact) mass is 250 g/mol. The Labute approximate surface area is 110 Å². The summed E-state index contributed by atoms with van der Waals surface area (Å²) in [5.41, 5.74) is 0.182. The summed E-state index contributed by atoms with van der Waals surface area (Å²) in [4.78, 5) is 4.43. The molecule has 2 fully saturated rings. The topological polar surface area (TPSA) is 54.2 Å². The van der Waals surface area contributed by atoms with Gasteiger partial charge in [-0.05, 0) is 25.3 Å². The summed E-state index contributed by atoms with van der Waals surface area (Å²) >= 11 is 0. The number of nitrogens with zero attached hydrogens (tertiary/aromatic N) is 2. The van der Waals surface area contributed by atoms with Crippen LogP contribution in [0.4, 0.5) is 0 Å². The maximum atomic E-state index is 8.45. The third kappa shape index (κ3) is 2.58. The Hall–Kier alpha value is -0.900. The fourth-order valence-corrected chi connectivity index (χ4v) is 3.50. The number of rotatable bonds is 2. The van der Waals surface area contributed by atoms with E-state index >= 15 is 0 Å². The maximum absolute atomic E-state index is 8.45. The molecular weight excluding hydrogens is 224 g/mol. The third-order valence-electron chi connectivity index (χ3n) is 4.26. The summed E-state index contributed by atoms with van der Waals surface area (Å²) in [5, 5.41) is 16.1. The molecule has 1 saturated heterocycles. The fourth-order valence-electron chi connectivity index (χ4n) is 3.50. The molecular formula is C14H26N4. The molecule has 102 valence electrons. The van der Waals surface area contributed by atoms with E-state index in [4.69, 9.17) is 10.8 Å². The predicted octanol–water partition coefficient (Wildman–Crippen LogP) is 2.20. The van der Waals surface area contributed by atoms with Crippen LogP contribution in [0.5, 0.6) is 0 Å². The Morgan fingerprint density at radius 3 is 2.39 bits per heavy atom. The van der Waals surface area contributed by atoms with Gasteiger partial charge in [-0.2, -0.15) is 0 Å². The van der Waals surface area contributed by atoms with Crippen molar-refractivity contribution in [3.63, 3.8) is 0 Å². The molecule has 1 aliphatic heterocycles. The molecule has 0 spiro atoms. The van der Waals surface area contributed by atoms with Crippen LogP contribution in [0.15, 0.2) is 0 Å². The molecule has 0 aromatic heterocycles. The number of hydrogen-bond acceptors (Lipinski definition) is 3. The molecule has 1 unspecified atom stereocenters. The van der Waals surface area contributed by atoms with Crippen LogP contribution in [0, 0.1) is 16.2 Å². The average molecular weight is 250 g/mol. The van der Waals surface area contributed by atoms with E-state index in [1.807, 2.05) is 7.05 Å². The number of amidine groups is 1. The molecule has 0 radical (unpaired) electrons. The van der Waals surface area contributed by atoms with Gasteiger partial charge in [0.2, 0.25) is 0 Å². The van der Waals surface area contributed by atoms with E-state index in [-0.39, 0.29) is 11.5 Å². The molecule has 0 aromatic rings. The minimum atomic E-state index is -0.146. The molecule has 4 heteroatoms. The Morgan fingerprint density at radius 2 is 1.83 bits per heavy atom. The van der Waals surface area contributed by atoms with E-state index in [9.17, 15) is 0 Å². The summed E-state index contributed by atoms with van der Waals surface area (Å²) in [6.45, 7) is 6.43. The Bertz CT molecular complexity index is 331. The van der Waals surface area contributed by atoms with Crippen LogP contribution < -0.4 is 0 Å². The fraction of sp³-hybridized carbons (Fsp3) is 0.857. The van der Waals surface area contributed by atoms with Crippen molar-refractivity contribution in [1.82, 2.24) is 9.80 Å². The molecule has 1 saturated carbocycles. The van der Waals surface area contributed by atoms with Gasteiger partial charge in [0.05, 0.1) is 0 Å².